The molecule has 0 bridgehead atoms. The lowest BCUT2D eigenvalue weighted by atomic mass is 10.1. The maximum atomic E-state index is 11.9. The van der Waals surface area contributed by atoms with Crippen LogP contribution in [0.1, 0.15) is 11.8 Å². The summed E-state index contributed by atoms with van der Waals surface area (Å²) in [6, 6.07) is 17.6. The number of nitrogens with one attached hydrogen (secondary N) is 1. The zero-order valence-electron chi connectivity index (χ0n) is 13.0. The monoisotopic (exact) mass is 402 g/mol. The van der Waals surface area contributed by atoms with Crippen LogP contribution in [0.4, 0.5) is 0 Å². The van der Waals surface area contributed by atoms with Crippen LogP contribution in [0, 0.1) is 0 Å². The van der Waals surface area contributed by atoms with Crippen molar-refractivity contribution in [2.24, 2.45) is 5.10 Å². The second-order valence-corrected chi connectivity index (χ2v) is 7.60. The van der Waals surface area contributed by atoms with Gasteiger partial charge in [0.1, 0.15) is 5.75 Å². The molecule has 2 aromatic carbocycles. The molecule has 24 heavy (non-hydrogen) atoms. The minimum Gasteiger partial charge on any atom is -0.484 e. The fourth-order valence-corrected chi connectivity index (χ4v) is 3.48. The van der Waals surface area contributed by atoms with Crippen molar-refractivity contribution in [3.8, 4) is 5.75 Å². The fourth-order valence-electron chi connectivity index (χ4n) is 2.15. The maximum Gasteiger partial charge on any atom is 0.277 e. The molecular formula is C18H15BrN2O2S. The van der Waals surface area contributed by atoms with E-state index in [-0.39, 0.29) is 12.5 Å². The molecule has 3 aromatic rings. The van der Waals surface area contributed by atoms with Crippen LogP contribution >= 0.6 is 27.3 Å². The Morgan fingerprint density at radius 3 is 2.71 bits per heavy atom. The first kappa shape index (κ1) is 16.7. The van der Waals surface area contributed by atoms with E-state index in [9.17, 15) is 4.79 Å². The average Bonchev–Trinajstić information content (AvgIpc) is 3.04. The highest BCUT2D eigenvalue weighted by Gasteiger charge is 2.05. The Kier molecular flexibility index (Phi) is 5.27. The summed E-state index contributed by atoms with van der Waals surface area (Å²) in [4.78, 5) is 12.9. The number of hydrazone groups is 1. The number of carbonyl (C=O) groups is 1. The molecule has 1 heterocycles. The molecule has 0 fully saturated rings. The Hall–Kier alpha value is -2.18. The number of benzene rings is 2. The molecule has 0 saturated heterocycles. The molecule has 0 saturated carbocycles. The van der Waals surface area contributed by atoms with Crippen LogP contribution < -0.4 is 10.2 Å². The van der Waals surface area contributed by atoms with E-state index in [0.29, 0.717) is 5.75 Å². The summed E-state index contributed by atoms with van der Waals surface area (Å²) in [5.41, 5.74) is 3.27. The van der Waals surface area contributed by atoms with Gasteiger partial charge >= 0.3 is 0 Å². The lowest BCUT2D eigenvalue weighted by Gasteiger charge is -2.06. The largest absolute Gasteiger partial charge is 0.484 e. The van der Waals surface area contributed by atoms with E-state index in [1.165, 1.54) is 0 Å². The molecule has 0 spiro atoms. The number of nitrogens with zero attached hydrogens (tertiary/aromatic N) is 1. The maximum absolute atomic E-state index is 11.9. The second-order valence-electron chi connectivity index (χ2n) is 5.13. The molecule has 4 nitrogen and oxygen atoms in total. The highest BCUT2D eigenvalue weighted by Crippen LogP contribution is 2.22. The highest BCUT2D eigenvalue weighted by molar-refractivity contribution is 9.11. The van der Waals surface area contributed by atoms with Gasteiger partial charge in [-0.3, -0.25) is 4.79 Å². The SMILES string of the molecule is CC(=NNC(=O)COc1ccc2ccccc2c1)c1ccc(Br)s1. The predicted molar refractivity (Wildman–Crippen MR) is 102 cm³/mol. The smallest absolute Gasteiger partial charge is 0.277 e. The van der Waals surface area contributed by atoms with Crippen LogP contribution in [0.15, 0.2) is 63.5 Å². The van der Waals surface area contributed by atoms with E-state index in [0.717, 1.165) is 25.1 Å². The topological polar surface area (TPSA) is 50.7 Å². The summed E-state index contributed by atoms with van der Waals surface area (Å²) in [5, 5.41) is 6.31. The third-order valence-electron chi connectivity index (χ3n) is 3.37. The number of hydrogen-bond donors (Lipinski definition) is 1. The van der Waals surface area contributed by atoms with Gasteiger partial charge < -0.3 is 4.74 Å². The van der Waals surface area contributed by atoms with E-state index >= 15 is 0 Å². The summed E-state index contributed by atoms with van der Waals surface area (Å²) >= 11 is 4.97. The van der Waals surface area contributed by atoms with Gasteiger partial charge in [0.25, 0.3) is 5.91 Å². The van der Waals surface area contributed by atoms with Crippen LogP contribution in [0.3, 0.4) is 0 Å². The van der Waals surface area contributed by atoms with Gasteiger partial charge in [-0.2, -0.15) is 5.10 Å². The molecule has 122 valence electrons. The first-order valence-electron chi connectivity index (χ1n) is 7.32. The Balaban J connectivity index is 1.56. The van der Waals surface area contributed by atoms with Gasteiger partial charge in [-0.1, -0.05) is 30.3 Å². The second kappa shape index (κ2) is 7.59. The van der Waals surface area contributed by atoms with Gasteiger partial charge in [0.05, 0.1) is 14.4 Å². The predicted octanol–water partition coefficient (Wildman–Crippen LogP) is 4.58. The van der Waals surface area contributed by atoms with Crippen LogP contribution in [0.5, 0.6) is 5.75 Å². The molecular weight excluding hydrogens is 388 g/mol. The Morgan fingerprint density at radius 2 is 1.96 bits per heavy atom. The van der Waals surface area contributed by atoms with Crippen molar-refractivity contribution in [2.45, 2.75) is 6.92 Å². The molecule has 1 aromatic heterocycles. The Bertz CT molecular complexity index is 905. The Morgan fingerprint density at radius 1 is 1.17 bits per heavy atom. The summed E-state index contributed by atoms with van der Waals surface area (Å²) in [7, 11) is 0. The van der Waals surface area contributed by atoms with Crippen LogP contribution in [0.2, 0.25) is 0 Å². The van der Waals surface area contributed by atoms with E-state index in [1.54, 1.807) is 11.3 Å². The van der Waals surface area contributed by atoms with Crippen molar-refractivity contribution >= 4 is 49.7 Å². The number of ether oxygens (including phenoxy) is 1. The molecule has 0 radical (unpaired) electrons. The third kappa shape index (κ3) is 4.21. The lowest BCUT2D eigenvalue weighted by Crippen LogP contribution is -2.25. The first-order chi connectivity index (χ1) is 11.6. The van der Waals surface area contributed by atoms with Crippen LogP contribution in [-0.4, -0.2) is 18.2 Å². The van der Waals surface area contributed by atoms with Crippen LogP contribution in [0.25, 0.3) is 10.8 Å². The fraction of sp³-hybridized carbons (Fsp3) is 0.111. The minimum atomic E-state index is -0.293. The van der Waals surface area contributed by atoms with Gasteiger partial charge in [0.15, 0.2) is 6.61 Å². The van der Waals surface area contributed by atoms with Gasteiger partial charge in [0, 0.05) is 0 Å². The first-order valence-corrected chi connectivity index (χ1v) is 8.93. The van der Waals surface area contributed by atoms with Crippen molar-refractivity contribution in [3.63, 3.8) is 0 Å². The number of halogens is 1. The summed E-state index contributed by atoms with van der Waals surface area (Å²) in [6.07, 6.45) is 0. The lowest BCUT2D eigenvalue weighted by molar-refractivity contribution is -0.123. The van der Waals surface area contributed by atoms with Gasteiger partial charge in [0.2, 0.25) is 0 Å². The zero-order chi connectivity index (χ0) is 16.9. The number of rotatable bonds is 5. The zero-order valence-corrected chi connectivity index (χ0v) is 15.4. The van der Waals surface area contributed by atoms with Crippen molar-refractivity contribution in [3.05, 3.63) is 63.3 Å². The summed E-state index contributed by atoms with van der Waals surface area (Å²) in [6.45, 7) is 1.77. The van der Waals surface area contributed by atoms with Gasteiger partial charge in [-0.25, -0.2) is 5.43 Å². The van der Waals surface area contributed by atoms with Crippen molar-refractivity contribution in [1.82, 2.24) is 5.43 Å². The summed E-state index contributed by atoms with van der Waals surface area (Å²) < 4.78 is 6.56. The molecule has 1 amide bonds. The average molecular weight is 403 g/mol. The number of fused-ring (bicyclic) bond motifs is 1. The van der Waals surface area contributed by atoms with Gasteiger partial charge in [-0.05, 0) is 57.9 Å². The molecule has 6 heteroatoms. The van der Waals surface area contributed by atoms with Crippen molar-refractivity contribution in [1.29, 1.82) is 0 Å². The van der Waals surface area contributed by atoms with E-state index < -0.39 is 0 Å². The minimum absolute atomic E-state index is 0.0801. The Labute approximate surface area is 152 Å². The summed E-state index contributed by atoms with van der Waals surface area (Å²) in [5.74, 6) is 0.366. The molecule has 0 aliphatic heterocycles. The number of amides is 1. The molecule has 3 rings (SSSR count). The molecule has 0 unspecified atom stereocenters. The standard InChI is InChI=1S/C18H15BrN2O2S/c1-12(16-8-9-17(19)24-16)20-21-18(22)11-23-15-7-6-13-4-2-3-5-14(13)10-15/h2-10H,11H2,1H3,(H,21,22). The van der Waals surface area contributed by atoms with Crippen LogP contribution in [-0.2, 0) is 4.79 Å². The van der Waals surface area contributed by atoms with E-state index in [2.05, 4.69) is 26.5 Å². The number of thiophene rings is 1. The van der Waals surface area contributed by atoms with Gasteiger partial charge in [-0.15, -0.1) is 11.3 Å². The number of carbonyl (C=O) groups excluding carboxylic acids is 1. The third-order valence-corrected chi connectivity index (χ3v) is 5.10. The van der Waals surface area contributed by atoms with E-state index in [4.69, 9.17) is 4.74 Å². The van der Waals surface area contributed by atoms with Crippen molar-refractivity contribution < 1.29 is 9.53 Å². The van der Waals surface area contributed by atoms with E-state index in [1.807, 2.05) is 61.5 Å². The highest BCUT2D eigenvalue weighted by atomic mass is 79.9. The molecule has 0 aliphatic rings. The quantitative estimate of drug-likeness (QED) is 0.501. The normalized spacial score (nSPS) is 11.5. The molecule has 0 atom stereocenters. The molecule has 1 N–H and O–H groups in total. The number of hydrogen-bond acceptors (Lipinski definition) is 4. The van der Waals surface area contributed by atoms with Crippen molar-refractivity contribution in [2.75, 3.05) is 6.61 Å². The molecule has 0 aliphatic carbocycles.